The van der Waals surface area contributed by atoms with Crippen LogP contribution in [0.15, 0.2) is 6.07 Å². The van der Waals surface area contributed by atoms with Gasteiger partial charge in [-0.2, -0.15) is 0 Å². The van der Waals surface area contributed by atoms with Gasteiger partial charge in [-0.25, -0.2) is 0 Å². The van der Waals surface area contributed by atoms with E-state index in [1.54, 1.807) is 0 Å². The van der Waals surface area contributed by atoms with Crippen molar-refractivity contribution < 1.29 is 0 Å². The minimum Gasteiger partial charge on any atom is -0.398 e. The van der Waals surface area contributed by atoms with E-state index >= 15 is 0 Å². The van der Waals surface area contributed by atoms with Gasteiger partial charge < -0.3 is 11.5 Å². The third-order valence-electron chi connectivity index (χ3n) is 3.11. The molecule has 0 amide bonds. The van der Waals surface area contributed by atoms with E-state index < -0.39 is 0 Å². The lowest BCUT2D eigenvalue weighted by Crippen LogP contribution is -2.06. The molecule has 13 heavy (non-hydrogen) atoms. The van der Waals surface area contributed by atoms with Gasteiger partial charge in [0.05, 0.1) is 0 Å². The molecule has 1 aromatic rings. The number of nitrogen functional groups attached to an aromatic ring is 1. The molecule has 0 saturated heterocycles. The fourth-order valence-corrected chi connectivity index (χ4v) is 2.19. The molecule has 2 nitrogen and oxygen atoms in total. The summed E-state index contributed by atoms with van der Waals surface area (Å²) in [6.07, 6.45) is 2.16. The van der Waals surface area contributed by atoms with Crippen LogP contribution in [0.1, 0.15) is 34.7 Å². The summed E-state index contributed by atoms with van der Waals surface area (Å²) in [6.45, 7) is 4.15. The third kappa shape index (κ3) is 1.13. The first kappa shape index (κ1) is 8.57. The van der Waals surface area contributed by atoms with E-state index in [4.69, 9.17) is 11.5 Å². The van der Waals surface area contributed by atoms with Gasteiger partial charge in [0.2, 0.25) is 0 Å². The van der Waals surface area contributed by atoms with E-state index in [0.717, 1.165) is 24.1 Å². The summed E-state index contributed by atoms with van der Waals surface area (Å²) in [5.74, 6) is 0. The van der Waals surface area contributed by atoms with Gasteiger partial charge in [0.1, 0.15) is 0 Å². The Labute approximate surface area is 78.9 Å². The van der Waals surface area contributed by atoms with Crippen molar-refractivity contribution in [3.63, 3.8) is 0 Å². The number of aryl methyl sites for hydroxylation is 1. The van der Waals surface area contributed by atoms with Gasteiger partial charge in [0, 0.05) is 11.7 Å². The van der Waals surface area contributed by atoms with Crippen molar-refractivity contribution in [2.45, 2.75) is 32.7 Å². The molecule has 0 saturated carbocycles. The number of nitrogens with two attached hydrogens (primary N) is 2. The van der Waals surface area contributed by atoms with E-state index in [1.807, 2.05) is 6.92 Å². The van der Waals surface area contributed by atoms with Gasteiger partial charge in [0.15, 0.2) is 0 Å². The molecule has 0 spiro atoms. The monoisotopic (exact) mass is 176 g/mol. The summed E-state index contributed by atoms with van der Waals surface area (Å²) in [5.41, 5.74) is 18.0. The van der Waals surface area contributed by atoms with E-state index in [2.05, 4.69) is 13.0 Å². The lowest BCUT2D eigenvalue weighted by atomic mass is 9.98. The average molecular weight is 176 g/mol. The number of benzene rings is 1. The Kier molecular flexibility index (Phi) is 1.81. The molecule has 70 valence electrons. The zero-order valence-electron chi connectivity index (χ0n) is 8.22. The van der Waals surface area contributed by atoms with Crippen molar-refractivity contribution >= 4 is 5.69 Å². The predicted molar refractivity (Wildman–Crippen MR) is 55.6 cm³/mol. The van der Waals surface area contributed by atoms with Crippen LogP contribution >= 0.6 is 0 Å². The lowest BCUT2D eigenvalue weighted by Gasteiger charge is -2.12. The summed E-state index contributed by atoms with van der Waals surface area (Å²) in [6, 6.07) is 2.38. The Balaban J connectivity index is 2.67. The smallest absolute Gasteiger partial charge is 0.0376 e. The lowest BCUT2D eigenvalue weighted by molar-refractivity contribution is 0.713. The molecule has 0 unspecified atom stereocenters. The summed E-state index contributed by atoms with van der Waals surface area (Å²) in [4.78, 5) is 0. The first-order valence-electron chi connectivity index (χ1n) is 4.75. The van der Waals surface area contributed by atoms with E-state index in [9.17, 15) is 0 Å². The summed E-state index contributed by atoms with van der Waals surface area (Å²) in [7, 11) is 0. The van der Waals surface area contributed by atoms with E-state index in [1.165, 1.54) is 16.7 Å². The minimum absolute atomic E-state index is 0.230. The molecule has 4 N–H and O–H groups in total. The van der Waals surface area contributed by atoms with Crippen molar-refractivity contribution in [2.24, 2.45) is 5.73 Å². The molecule has 0 bridgehead atoms. The summed E-state index contributed by atoms with van der Waals surface area (Å²) >= 11 is 0. The predicted octanol–water partition coefficient (Wildman–Crippen LogP) is 1.83. The van der Waals surface area contributed by atoms with Crippen LogP contribution in [0.5, 0.6) is 0 Å². The van der Waals surface area contributed by atoms with Gasteiger partial charge >= 0.3 is 0 Å². The number of hydrogen-bond donors (Lipinski definition) is 2. The van der Waals surface area contributed by atoms with Crippen LogP contribution in [0.25, 0.3) is 0 Å². The maximum absolute atomic E-state index is 5.99. The number of hydrogen-bond acceptors (Lipinski definition) is 2. The standard InChI is InChI=1S/C11H16N2/c1-6-5-9-8(3-4-10(9)12)7(2)11(6)13/h5,10H,3-4,12-13H2,1-2H3/t10-/m1/s1. The van der Waals surface area contributed by atoms with Crippen molar-refractivity contribution in [1.29, 1.82) is 0 Å². The Morgan fingerprint density at radius 1 is 1.38 bits per heavy atom. The maximum Gasteiger partial charge on any atom is 0.0376 e. The highest BCUT2D eigenvalue weighted by molar-refractivity contribution is 5.60. The van der Waals surface area contributed by atoms with Crippen molar-refractivity contribution in [2.75, 3.05) is 5.73 Å². The quantitative estimate of drug-likeness (QED) is 0.592. The number of fused-ring (bicyclic) bond motifs is 1. The minimum atomic E-state index is 0.230. The fourth-order valence-electron chi connectivity index (χ4n) is 2.19. The molecule has 1 aliphatic rings. The molecule has 1 aromatic carbocycles. The second-order valence-corrected chi connectivity index (χ2v) is 3.95. The van der Waals surface area contributed by atoms with Crippen LogP contribution in [-0.2, 0) is 6.42 Å². The van der Waals surface area contributed by atoms with Crippen LogP contribution in [0.3, 0.4) is 0 Å². The highest BCUT2D eigenvalue weighted by Crippen LogP contribution is 2.35. The summed E-state index contributed by atoms with van der Waals surface area (Å²) in [5, 5.41) is 0. The van der Waals surface area contributed by atoms with Crippen molar-refractivity contribution in [3.05, 3.63) is 28.3 Å². The van der Waals surface area contributed by atoms with Crippen molar-refractivity contribution in [3.8, 4) is 0 Å². The van der Waals surface area contributed by atoms with Crippen LogP contribution in [0, 0.1) is 13.8 Å². The number of anilines is 1. The number of rotatable bonds is 0. The molecule has 0 aliphatic heterocycles. The molecule has 0 aromatic heterocycles. The fraction of sp³-hybridized carbons (Fsp3) is 0.455. The summed E-state index contributed by atoms with van der Waals surface area (Å²) < 4.78 is 0. The molecular formula is C11H16N2. The normalized spacial score (nSPS) is 20.4. The van der Waals surface area contributed by atoms with Crippen LogP contribution in [0.2, 0.25) is 0 Å². The second kappa shape index (κ2) is 2.74. The Bertz CT molecular complexity index is 356. The zero-order valence-corrected chi connectivity index (χ0v) is 8.22. The average Bonchev–Trinajstić information content (AvgIpc) is 2.45. The van der Waals surface area contributed by atoms with Crippen LogP contribution in [0.4, 0.5) is 5.69 Å². The molecule has 1 atom stereocenters. The van der Waals surface area contributed by atoms with Gasteiger partial charge in [-0.3, -0.25) is 0 Å². The van der Waals surface area contributed by atoms with E-state index in [0.29, 0.717) is 0 Å². The molecule has 2 rings (SSSR count). The first-order chi connectivity index (χ1) is 6.11. The maximum atomic E-state index is 5.99. The third-order valence-corrected chi connectivity index (χ3v) is 3.11. The zero-order chi connectivity index (χ0) is 9.59. The first-order valence-corrected chi connectivity index (χ1v) is 4.75. The molecular weight excluding hydrogens is 160 g/mol. The Hall–Kier alpha value is -1.02. The molecule has 2 heteroatoms. The van der Waals surface area contributed by atoms with Gasteiger partial charge in [-0.15, -0.1) is 0 Å². The molecule has 0 radical (unpaired) electrons. The largest absolute Gasteiger partial charge is 0.398 e. The van der Waals surface area contributed by atoms with Gasteiger partial charge in [-0.1, -0.05) is 6.07 Å². The molecule has 1 aliphatic carbocycles. The molecule has 0 fully saturated rings. The van der Waals surface area contributed by atoms with Crippen LogP contribution in [-0.4, -0.2) is 0 Å². The second-order valence-electron chi connectivity index (χ2n) is 3.95. The highest BCUT2D eigenvalue weighted by Gasteiger charge is 2.22. The topological polar surface area (TPSA) is 52.0 Å². The Morgan fingerprint density at radius 2 is 2.08 bits per heavy atom. The van der Waals surface area contributed by atoms with Crippen molar-refractivity contribution in [1.82, 2.24) is 0 Å². The molecule has 0 heterocycles. The van der Waals surface area contributed by atoms with Crippen LogP contribution < -0.4 is 11.5 Å². The SMILES string of the molecule is Cc1cc2c(c(C)c1N)CC[C@H]2N. The highest BCUT2D eigenvalue weighted by atomic mass is 14.7. The van der Waals surface area contributed by atoms with Gasteiger partial charge in [-0.05, 0) is 48.9 Å². The van der Waals surface area contributed by atoms with Gasteiger partial charge in [0.25, 0.3) is 0 Å². The van der Waals surface area contributed by atoms with E-state index in [-0.39, 0.29) is 6.04 Å². The Morgan fingerprint density at radius 3 is 2.77 bits per heavy atom.